The Morgan fingerprint density at radius 2 is 1.89 bits per heavy atom. The molecule has 4 aromatic heterocycles. The molecule has 44 heavy (non-hydrogen) atoms. The Labute approximate surface area is 258 Å². The molecular formula is C34H43N7O3. The lowest BCUT2D eigenvalue weighted by Crippen LogP contribution is -2.41. The SMILES string of the molecule is COc1cc(C(=O)N2C[C@H]3CC[C@@H]2[C@@H]3N)cc2nc(-c3cc4ccc([C@@H](C)NC(=O)C(C)(C)C)nc4n3CC3CC3)c(C)n12. The third-order valence-corrected chi connectivity index (χ3v) is 9.91. The Bertz CT molecular complexity index is 1790. The molecule has 1 aliphatic heterocycles. The van der Waals surface area contributed by atoms with Crippen LogP contribution >= 0.6 is 0 Å². The molecule has 4 aromatic rings. The van der Waals surface area contributed by atoms with E-state index in [-0.39, 0.29) is 29.9 Å². The quantitative estimate of drug-likeness (QED) is 0.314. The summed E-state index contributed by atoms with van der Waals surface area (Å²) in [5.74, 6) is 1.54. The number of hydrogen-bond donors (Lipinski definition) is 2. The minimum Gasteiger partial charge on any atom is -0.482 e. The first-order chi connectivity index (χ1) is 20.9. The highest BCUT2D eigenvalue weighted by Crippen LogP contribution is 2.39. The smallest absolute Gasteiger partial charge is 0.254 e. The number of methoxy groups -OCH3 is 1. The summed E-state index contributed by atoms with van der Waals surface area (Å²) in [6, 6.07) is 9.88. The van der Waals surface area contributed by atoms with Gasteiger partial charge in [-0.15, -0.1) is 0 Å². The van der Waals surface area contributed by atoms with E-state index in [9.17, 15) is 9.59 Å². The number of nitrogens with one attached hydrogen (secondary N) is 1. The van der Waals surface area contributed by atoms with Gasteiger partial charge in [-0.3, -0.25) is 14.0 Å². The number of amides is 2. The van der Waals surface area contributed by atoms with Gasteiger partial charge < -0.3 is 25.3 Å². The molecule has 4 atom stereocenters. The summed E-state index contributed by atoms with van der Waals surface area (Å²) in [5.41, 5.74) is 11.6. The number of rotatable bonds is 7. The van der Waals surface area contributed by atoms with Crippen LogP contribution in [0.2, 0.25) is 0 Å². The maximum absolute atomic E-state index is 13.7. The molecule has 232 valence electrons. The molecule has 7 rings (SSSR count). The topological polar surface area (TPSA) is 120 Å². The molecule has 3 aliphatic rings. The Morgan fingerprint density at radius 1 is 1.11 bits per heavy atom. The lowest BCUT2D eigenvalue weighted by Gasteiger charge is -2.27. The fourth-order valence-corrected chi connectivity index (χ4v) is 7.05. The van der Waals surface area contributed by atoms with Crippen molar-refractivity contribution in [2.45, 2.75) is 85.0 Å². The molecule has 3 fully saturated rings. The van der Waals surface area contributed by atoms with Crippen LogP contribution in [0.25, 0.3) is 28.1 Å². The van der Waals surface area contributed by atoms with Gasteiger partial charge in [-0.2, -0.15) is 0 Å². The Morgan fingerprint density at radius 3 is 2.52 bits per heavy atom. The van der Waals surface area contributed by atoms with Crippen molar-refractivity contribution in [3.8, 4) is 17.3 Å². The third-order valence-electron chi connectivity index (χ3n) is 9.91. The average molecular weight is 598 g/mol. The number of nitrogens with two attached hydrogens (primary N) is 1. The normalized spacial score (nSPS) is 22.2. The fraction of sp³-hybridized carbons (Fsp3) is 0.529. The highest BCUT2D eigenvalue weighted by Gasteiger charge is 2.47. The van der Waals surface area contributed by atoms with Gasteiger partial charge in [0.2, 0.25) is 5.91 Å². The largest absolute Gasteiger partial charge is 0.482 e. The molecule has 0 radical (unpaired) electrons. The van der Waals surface area contributed by atoms with E-state index in [0.717, 1.165) is 53.2 Å². The zero-order valence-corrected chi connectivity index (χ0v) is 26.6. The summed E-state index contributed by atoms with van der Waals surface area (Å²) in [7, 11) is 1.63. The molecule has 0 unspecified atom stereocenters. The van der Waals surface area contributed by atoms with E-state index in [1.54, 1.807) is 7.11 Å². The zero-order valence-electron chi connectivity index (χ0n) is 26.6. The summed E-state index contributed by atoms with van der Waals surface area (Å²) >= 11 is 0. The van der Waals surface area contributed by atoms with Crippen LogP contribution in [0.15, 0.2) is 30.3 Å². The van der Waals surface area contributed by atoms with E-state index < -0.39 is 5.41 Å². The van der Waals surface area contributed by atoms with Gasteiger partial charge in [0.15, 0.2) is 5.88 Å². The standard InChI is InChI=1S/C34H43N7O3/c1-18(36-33(43)34(3,4)5)24-11-9-21-13-26(39(31(21)37-24)16-20-7-8-20)30-19(2)41-27(38-30)14-23(15-28(41)44-6)32(42)40-17-22-10-12-25(40)29(22)35/h9,11,13-15,18,20,22,25,29H,7-8,10,12,16-17,35H2,1-6H3,(H,36,43)/t18-,22-,25-,29-/m1/s1. The van der Waals surface area contributed by atoms with Gasteiger partial charge in [-0.1, -0.05) is 20.8 Å². The molecule has 10 nitrogen and oxygen atoms in total. The summed E-state index contributed by atoms with van der Waals surface area (Å²) < 4.78 is 10.1. The fourth-order valence-electron chi connectivity index (χ4n) is 7.05. The van der Waals surface area contributed by atoms with E-state index in [2.05, 4.69) is 22.0 Å². The van der Waals surface area contributed by atoms with Crippen molar-refractivity contribution in [3.05, 3.63) is 47.3 Å². The number of fused-ring (bicyclic) bond motifs is 4. The Kier molecular flexibility index (Phi) is 6.77. The minimum atomic E-state index is -0.481. The highest BCUT2D eigenvalue weighted by atomic mass is 16.5. The van der Waals surface area contributed by atoms with Crippen LogP contribution in [0.5, 0.6) is 5.88 Å². The zero-order chi connectivity index (χ0) is 31.1. The van der Waals surface area contributed by atoms with Gasteiger partial charge in [0.1, 0.15) is 17.0 Å². The molecule has 3 N–H and O–H groups in total. The van der Waals surface area contributed by atoms with Crippen molar-refractivity contribution in [1.29, 1.82) is 0 Å². The summed E-state index contributed by atoms with van der Waals surface area (Å²) in [5, 5.41) is 4.15. The summed E-state index contributed by atoms with van der Waals surface area (Å²) in [6.07, 6.45) is 4.45. The van der Waals surface area contributed by atoms with Gasteiger partial charge in [0.05, 0.1) is 30.2 Å². The second kappa shape index (κ2) is 10.3. The molecule has 0 spiro atoms. The number of aryl methyl sites for hydroxylation is 1. The lowest BCUT2D eigenvalue weighted by atomic mass is 9.95. The van der Waals surface area contributed by atoms with Crippen molar-refractivity contribution in [3.63, 3.8) is 0 Å². The van der Waals surface area contributed by atoms with Crippen molar-refractivity contribution >= 4 is 28.5 Å². The van der Waals surface area contributed by atoms with Gasteiger partial charge in [-0.25, -0.2) is 9.97 Å². The number of likely N-dealkylation sites (tertiary alicyclic amines) is 1. The average Bonchev–Trinajstić information content (AvgIpc) is 3.39. The van der Waals surface area contributed by atoms with E-state index >= 15 is 0 Å². The number of carbonyl (C=O) groups excluding carboxylic acids is 2. The number of ether oxygens (including phenoxy) is 1. The number of pyridine rings is 2. The van der Waals surface area contributed by atoms with Crippen LogP contribution in [0.1, 0.15) is 81.2 Å². The summed E-state index contributed by atoms with van der Waals surface area (Å²) in [6.45, 7) is 11.3. The second-order valence-electron chi connectivity index (χ2n) is 14.1. The predicted molar refractivity (Wildman–Crippen MR) is 169 cm³/mol. The molecule has 5 heterocycles. The molecule has 0 aromatic carbocycles. The van der Waals surface area contributed by atoms with Crippen LogP contribution in [0.3, 0.4) is 0 Å². The van der Waals surface area contributed by atoms with Gasteiger partial charge in [-0.05, 0) is 75.6 Å². The maximum atomic E-state index is 13.7. The third kappa shape index (κ3) is 4.74. The first kappa shape index (κ1) is 28.8. The molecule has 2 amide bonds. The number of aromatic nitrogens is 4. The van der Waals surface area contributed by atoms with Crippen molar-refractivity contribution in [2.75, 3.05) is 13.7 Å². The number of nitrogens with zero attached hydrogens (tertiary/aromatic N) is 5. The first-order valence-corrected chi connectivity index (χ1v) is 15.9. The number of imidazole rings is 1. The van der Waals surface area contributed by atoms with Crippen molar-refractivity contribution < 1.29 is 14.3 Å². The Balaban J connectivity index is 1.29. The molecule has 2 bridgehead atoms. The van der Waals surface area contributed by atoms with Crippen LogP contribution < -0.4 is 15.8 Å². The molecule has 10 heteroatoms. The van der Waals surface area contributed by atoms with E-state index in [1.807, 2.05) is 62.1 Å². The lowest BCUT2D eigenvalue weighted by molar-refractivity contribution is -0.129. The van der Waals surface area contributed by atoms with Gasteiger partial charge >= 0.3 is 0 Å². The molecule has 2 saturated carbocycles. The van der Waals surface area contributed by atoms with Crippen LogP contribution in [0, 0.1) is 24.2 Å². The highest BCUT2D eigenvalue weighted by molar-refractivity contribution is 5.96. The summed E-state index contributed by atoms with van der Waals surface area (Å²) in [4.78, 5) is 38.5. The minimum absolute atomic E-state index is 0.00634. The monoisotopic (exact) mass is 597 g/mol. The predicted octanol–water partition coefficient (Wildman–Crippen LogP) is 4.86. The number of hydrogen-bond acceptors (Lipinski definition) is 6. The van der Waals surface area contributed by atoms with E-state index in [0.29, 0.717) is 35.5 Å². The van der Waals surface area contributed by atoms with E-state index in [1.165, 1.54) is 12.8 Å². The molecule has 1 saturated heterocycles. The van der Waals surface area contributed by atoms with E-state index in [4.69, 9.17) is 20.4 Å². The molecule has 2 aliphatic carbocycles. The Hall–Kier alpha value is -3.92. The second-order valence-corrected chi connectivity index (χ2v) is 14.1. The number of piperidine rings is 1. The number of carbonyl (C=O) groups is 2. The van der Waals surface area contributed by atoms with Crippen LogP contribution in [-0.4, -0.2) is 61.4 Å². The van der Waals surface area contributed by atoms with Gasteiger partial charge in [0, 0.05) is 47.6 Å². The van der Waals surface area contributed by atoms with Gasteiger partial charge in [0.25, 0.3) is 5.91 Å². The van der Waals surface area contributed by atoms with Crippen LogP contribution in [0.4, 0.5) is 0 Å². The molecular weight excluding hydrogens is 554 g/mol. The van der Waals surface area contributed by atoms with Crippen molar-refractivity contribution in [1.82, 2.24) is 29.2 Å². The van der Waals surface area contributed by atoms with Crippen LogP contribution in [-0.2, 0) is 11.3 Å². The first-order valence-electron chi connectivity index (χ1n) is 15.9. The van der Waals surface area contributed by atoms with Crippen molar-refractivity contribution in [2.24, 2.45) is 23.0 Å². The maximum Gasteiger partial charge on any atom is 0.254 e.